The Bertz CT molecular complexity index is 404. The zero-order valence-electron chi connectivity index (χ0n) is 14.4. The highest BCUT2D eigenvalue weighted by molar-refractivity contribution is 5.48. The van der Waals surface area contributed by atoms with Crippen molar-refractivity contribution in [2.45, 2.75) is 47.1 Å². The van der Waals surface area contributed by atoms with E-state index in [0.717, 1.165) is 42.9 Å². The molecule has 0 spiro atoms. The average Bonchev–Trinajstić information content (AvgIpc) is 2.42. The van der Waals surface area contributed by atoms with Crippen LogP contribution in [0.5, 0.6) is 5.75 Å². The second-order valence-electron chi connectivity index (χ2n) is 6.71. The van der Waals surface area contributed by atoms with E-state index in [2.05, 4.69) is 38.7 Å². The van der Waals surface area contributed by atoms with Gasteiger partial charge in [-0.25, -0.2) is 0 Å². The van der Waals surface area contributed by atoms with E-state index < -0.39 is 0 Å². The van der Waals surface area contributed by atoms with Crippen molar-refractivity contribution in [2.75, 3.05) is 25.9 Å². The molecule has 0 aromatic heterocycles. The molecular weight excluding hydrogens is 260 g/mol. The Labute approximate surface area is 130 Å². The number of hydrogen-bond donors (Lipinski definition) is 1. The van der Waals surface area contributed by atoms with Gasteiger partial charge in [-0.05, 0) is 43.8 Å². The van der Waals surface area contributed by atoms with Gasteiger partial charge in [-0.1, -0.05) is 33.8 Å². The van der Waals surface area contributed by atoms with Crippen LogP contribution in [0.25, 0.3) is 0 Å². The molecular formula is C18H32N2O. The molecule has 0 bridgehead atoms. The number of rotatable bonds is 9. The summed E-state index contributed by atoms with van der Waals surface area (Å²) in [6.45, 7) is 12.3. The van der Waals surface area contributed by atoms with Crippen molar-refractivity contribution in [3.8, 4) is 5.75 Å². The second-order valence-corrected chi connectivity index (χ2v) is 6.71. The topological polar surface area (TPSA) is 38.5 Å². The zero-order chi connectivity index (χ0) is 15.8. The number of ether oxygens (including phenoxy) is 1. The lowest BCUT2D eigenvalue weighted by atomic mass is 10.1. The minimum Gasteiger partial charge on any atom is -0.496 e. The molecule has 0 saturated carbocycles. The first-order valence-electron chi connectivity index (χ1n) is 8.07. The van der Waals surface area contributed by atoms with Crippen LogP contribution in [-0.2, 0) is 6.54 Å². The first-order valence-corrected chi connectivity index (χ1v) is 8.07. The molecule has 0 saturated heterocycles. The minimum atomic E-state index is 0.736. The maximum atomic E-state index is 5.84. The molecule has 0 atom stereocenters. The van der Waals surface area contributed by atoms with Gasteiger partial charge >= 0.3 is 0 Å². The summed E-state index contributed by atoms with van der Waals surface area (Å²) in [5, 5.41) is 0. The van der Waals surface area contributed by atoms with Gasteiger partial charge in [0.25, 0.3) is 0 Å². The smallest absolute Gasteiger partial charge is 0.125 e. The Morgan fingerprint density at radius 1 is 1.05 bits per heavy atom. The Morgan fingerprint density at radius 2 is 1.62 bits per heavy atom. The highest BCUT2D eigenvalue weighted by Crippen LogP contribution is 2.23. The molecule has 0 aliphatic rings. The van der Waals surface area contributed by atoms with Crippen molar-refractivity contribution in [2.24, 2.45) is 11.8 Å². The summed E-state index contributed by atoms with van der Waals surface area (Å²) in [6, 6.07) is 5.96. The summed E-state index contributed by atoms with van der Waals surface area (Å²) in [6.07, 6.45) is 2.46. The third-order valence-corrected chi connectivity index (χ3v) is 3.75. The summed E-state index contributed by atoms with van der Waals surface area (Å²) in [7, 11) is 1.71. The number of nitrogens with two attached hydrogens (primary N) is 1. The fraction of sp³-hybridized carbons (Fsp3) is 0.667. The van der Waals surface area contributed by atoms with Crippen LogP contribution in [0.4, 0.5) is 5.69 Å². The van der Waals surface area contributed by atoms with E-state index in [-0.39, 0.29) is 0 Å². The highest BCUT2D eigenvalue weighted by atomic mass is 16.5. The molecule has 0 amide bonds. The first kappa shape index (κ1) is 17.8. The molecule has 3 heteroatoms. The number of nitrogen functional groups attached to an aromatic ring is 1. The van der Waals surface area contributed by atoms with Gasteiger partial charge < -0.3 is 10.5 Å². The van der Waals surface area contributed by atoms with Crippen molar-refractivity contribution in [1.82, 2.24) is 4.90 Å². The fourth-order valence-electron chi connectivity index (χ4n) is 2.28. The van der Waals surface area contributed by atoms with Crippen molar-refractivity contribution in [1.29, 1.82) is 0 Å². The van der Waals surface area contributed by atoms with Crippen LogP contribution in [0.3, 0.4) is 0 Å². The number of benzene rings is 1. The molecule has 3 nitrogen and oxygen atoms in total. The van der Waals surface area contributed by atoms with Gasteiger partial charge in [-0.3, -0.25) is 4.90 Å². The lowest BCUT2D eigenvalue weighted by Gasteiger charge is -2.25. The Balaban J connectivity index is 2.74. The average molecular weight is 292 g/mol. The molecule has 1 aromatic rings. The number of methoxy groups -OCH3 is 1. The van der Waals surface area contributed by atoms with E-state index in [1.807, 2.05) is 12.1 Å². The molecule has 21 heavy (non-hydrogen) atoms. The SMILES string of the molecule is COc1cc(N)ccc1CN(CCC(C)C)CCC(C)C. The lowest BCUT2D eigenvalue weighted by Crippen LogP contribution is -2.27. The van der Waals surface area contributed by atoms with E-state index in [1.165, 1.54) is 18.4 Å². The maximum Gasteiger partial charge on any atom is 0.125 e. The Morgan fingerprint density at radius 3 is 2.10 bits per heavy atom. The predicted octanol–water partition coefficient (Wildman–Crippen LogP) is 4.17. The number of anilines is 1. The summed E-state index contributed by atoms with van der Waals surface area (Å²) < 4.78 is 5.47. The molecule has 0 aliphatic heterocycles. The van der Waals surface area contributed by atoms with Crippen LogP contribution >= 0.6 is 0 Å². The lowest BCUT2D eigenvalue weighted by molar-refractivity contribution is 0.232. The monoisotopic (exact) mass is 292 g/mol. The van der Waals surface area contributed by atoms with Crippen molar-refractivity contribution < 1.29 is 4.74 Å². The summed E-state index contributed by atoms with van der Waals surface area (Å²) in [5.41, 5.74) is 7.81. The van der Waals surface area contributed by atoms with Crippen LogP contribution in [0, 0.1) is 11.8 Å². The molecule has 0 aliphatic carbocycles. The van der Waals surface area contributed by atoms with Gasteiger partial charge in [0.2, 0.25) is 0 Å². The maximum absolute atomic E-state index is 5.84. The second kappa shape index (κ2) is 8.93. The summed E-state index contributed by atoms with van der Waals surface area (Å²) in [4.78, 5) is 2.54. The standard InChI is InChI=1S/C18H32N2O/c1-14(2)8-10-20(11-9-15(3)4)13-16-6-7-17(19)12-18(16)21-5/h6-7,12,14-15H,8-11,13,19H2,1-5H3. The van der Waals surface area contributed by atoms with Crippen LogP contribution in [0.15, 0.2) is 18.2 Å². The van der Waals surface area contributed by atoms with Crippen LogP contribution in [0.1, 0.15) is 46.1 Å². The number of nitrogens with zero attached hydrogens (tertiary/aromatic N) is 1. The van der Waals surface area contributed by atoms with Gasteiger partial charge in [-0.2, -0.15) is 0 Å². The Kier molecular flexibility index (Phi) is 7.58. The number of hydrogen-bond acceptors (Lipinski definition) is 3. The van der Waals surface area contributed by atoms with Gasteiger partial charge in [-0.15, -0.1) is 0 Å². The predicted molar refractivity (Wildman–Crippen MR) is 91.6 cm³/mol. The fourth-order valence-corrected chi connectivity index (χ4v) is 2.28. The zero-order valence-corrected chi connectivity index (χ0v) is 14.4. The van der Waals surface area contributed by atoms with Gasteiger partial charge in [0, 0.05) is 23.9 Å². The summed E-state index contributed by atoms with van der Waals surface area (Å²) >= 11 is 0. The molecule has 0 heterocycles. The summed E-state index contributed by atoms with van der Waals surface area (Å²) in [5.74, 6) is 2.37. The molecule has 120 valence electrons. The van der Waals surface area contributed by atoms with Crippen molar-refractivity contribution in [3.63, 3.8) is 0 Å². The van der Waals surface area contributed by atoms with E-state index in [9.17, 15) is 0 Å². The van der Waals surface area contributed by atoms with E-state index in [0.29, 0.717) is 0 Å². The van der Waals surface area contributed by atoms with E-state index in [1.54, 1.807) is 7.11 Å². The van der Waals surface area contributed by atoms with Gasteiger partial charge in [0.15, 0.2) is 0 Å². The molecule has 1 aromatic carbocycles. The van der Waals surface area contributed by atoms with E-state index >= 15 is 0 Å². The van der Waals surface area contributed by atoms with Crippen LogP contribution < -0.4 is 10.5 Å². The highest BCUT2D eigenvalue weighted by Gasteiger charge is 2.11. The largest absolute Gasteiger partial charge is 0.496 e. The van der Waals surface area contributed by atoms with Gasteiger partial charge in [0.05, 0.1) is 7.11 Å². The Hall–Kier alpha value is -1.22. The normalized spacial score (nSPS) is 11.6. The third kappa shape index (κ3) is 6.85. The molecule has 0 fully saturated rings. The van der Waals surface area contributed by atoms with Crippen molar-refractivity contribution in [3.05, 3.63) is 23.8 Å². The van der Waals surface area contributed by atoms with Gasteiger partial charge in [0.1, 0.15) is 5.75 Å². The molecule has 0 unspecified atom stereocenters. The molecule has 1 rings (SSSR count). The third-order valence-electron chi connectivity index (χ3n) is 3.75. The first-order chi connectivity index (χ1) is 9.92. The van der Waals surface area contributed by atoms with E-state index in [4.69, 9.17) is 10.5 Å². The van der Waals surface area contributed by atoms with Crippen LogP contribution in [0.2, 0.25) is 0 Å². The minimum absolute atomic E-state index is 0.736. The molecule has 2 N–H and O–H groups in total. The van der Waals surface area contributed by atoms with Crippen LogP contribution in [-0.4, -0.2) is 25.1 Å². The molecule has 0 radical (unpaired) electrons. The quantitative estimate of drug-likeness (QED) is 0.694. The van der Waals surface area contributed by atoms with Crippen molar-refractivity contribution >= 4 is 5.69 Å².